The maximum absolute atomic E-state index is 13.1. The summed E-state index contributed by atoms with van der Waals surface area (Å²) in [4.78, 5) is 18.5. The Labute approximate surface area is 203 Å². The Morgan fingerprint density at radius 3 is 2.74 bits per heavy atom. The fourth-order valence-electron chi connectivity index (χ4n) is 5.76. The van der Waals surface area contributed by atoms with E-state index in [1.165, 1.54) is 12.8 Å². The molecule has 2 aromatic heterocycles. The molecule has 186 valence electrons. The maximum atomic E-state index is 13.1. The third-order valence-corrected chi connectivity index (χ3v) is 7.56. The second-order valence-electron chi connectivity index (χ2n) is 9.82. The minimum atomic E-state index is -0.0982. The summed E-state index contributed by atoms with van der Waals surface area (Å²) in [6.45, 7) is 4.36. The molecule has 2 fully saturated rings. The smallest absolute Gasteiger partial charge is 0.252 e. The Hall–Kier alpha value is -2.98. The van der Waals surface area contributed by atoms with E-state index in [9.17, 15) is 4.79 Å². The van der Waals surface area contributed by atoms with Gasteiger partial charge in [-0.25, -0.2) is 4.68 Å². The number of nitrogens with zero attached hydrogens (tertiary/aromatic N) is 5. The molecule has 0 spiro atoms. The molecule has 1 N–H and O–H groups in total. The Morgan fingerprint density at radius 1 is 1.14 bits per heavy atom. The van der Waals surface area contributed by atoms with E-state index in [1.807, 2.05) is 22.9 Å². The fraction of sp³-hybridized carbons (Fsp3) is 0.600. The minimum Gasteiger partial charge on any atom is -0.454 e. The van der Waals surface area contributed by atoms with Crippen LogP contribution in [0.1, 0.15) is 75.3 Å². The van der Waals surface area contributed by atoms with Crippen molar-refractivity contribution in [1.29, 1.82) is 0 Å². The van der Waals surface area contributed by atoms with Gasteiger partial charge in [0, 0.05) is 36.7 Å². The normalized spacial score (nSPS) is 20.9. The molecule has 3 aromatic rings. The van der Waals surface area contributed by atoms with Crippen LogP contribution in [0.4, 0.5) is 0 Å². The number of pyridine rings is 1. The number of tetrazole rings is 1. The molecule has 10 heteroatoms. The van der Waals surface area contributed by atoms with E-state index in [4.69, 9.17) is 14.2 Å². The molecular formula is C25H32N6O4. The SMILES string of the molecule is CC[C@H](c1nnnn1C1CCCC1)N(Cc1cc2cc3c(cc2[nH]c1=O)OCO3)C[C@H]1CCCO1. The molecule has 0 unspecified atom stereocenters. The summed E-state index contributed by atoms with van der Waals surface area (Å²) in [6.07, 6.45) is 7.73. The highest BCUT2D eigenvalue weighted by Gasteiger charge is 2.32. The average Bonchev–Trinajstić information content (AvgIpc) is 3.66. The summed E-state index contributed by atoms with van der Waals surface area (Å²) < 4.78 is 19.0. The topological polar surface area (TPSA) is 107 Å². The number of hydrogen-bond acceptors (Lipinski definition) is 8. The van der Waals surface area contributed by atoms with Gasteiger partial charge < -0.3 is 19.2 Å². The monoisotopic (exact) mass is 480 g/mol. The van der Waals surface area contributed by atoms with Crippen LogP contribution in [0.2, 0.25) is 0 Å². The number of ether oxygens (including phenoxy) is 3. The van der Waals surface area contributed by atoms with Crippen LogP contribution in [0.5, 0.6) is 11.5 Å². The highest BCUT2D eigenvalue weighted by atomic mass is 16.7. The third kappa shape index (κ3) is 4.40. The van der Waals surface area contributed by atoms with E-state index in [1.54, 1.807) is 0 Å². The molecule has 6 rings (SSSR count). The van der Waals surface area contributed by atoms with E-state index in [-0.39, 0.29) is 24.5 Å². The number of fused-ring (bicyclic) bond motifs is 2. The van der Waals surface area contributed by atoms with Crippen LogP contribution >= 0.6 is 0 Å². The van der Waals surface area contributed by atoms with E-state index in [0.717, 1.165) is 62.0 Å². The standard InChI is InChI=1S/C25H32N6O4/c1-2-21(24-27-28-29-31(24)18-6-3-4-7-18)30(14-19-8-5-9-33-19)13-17-10-16-11-22-23(35-15-34-22)12-20(16)26-25(17)32/h10-12,18-19,21H,2-9,13-15H2,1H3,(H,26,32)/t19-,21-/m1/s1. The Morgan fingerprint density at radius 2 is 1.97 bits per heavy atom. The summed E-state index contributed by atoms with van der Waals surface area (Å²) in [7, 11) is 0. The van der Waals surface area contributed by atoms with Gasteiger partial charge in [-0.05, 0) is 54.7 Å². The first-order valence-corrected chi connectivity index (χ1v) is 12.8. The molecule has 0 radical (unpaired) electrons. The zero-order chi connectivity index (χ0) is 23.8. The molecule has 3 aliphatic rings. The van der Waals surface area contributed by atoms with Gasteiger partial charge in [0.25, 0.3) is 5.56 Å². The fourth-order valence-corrected chi connectivity index (χ4v) is 5.76. The van der Waals surface area contributed by atoms with Crippen molar-refractivity contribution in [2.24, 2.45) is 0 Å². The first-order valence-electron chi connectivity index (χ1n) is 12.8. The van der Waals surface area contributed by atoms with Crippen molar-refractivity contribution < 1.29 is 14.2 Å². The van der Waals surface area contributed by atoms with Crippen LogP contribution in [-0.2, 0) is 11.3 Å². The molecule has 2 aliphatic heterocycles. The largest absolute Gasteiger partial charge is 0.454 e. The molecule has 10 nitrogen and oxygen atoms in total. The highest BCUT2D eigenvalue weighted by Crippen LogP contribution is 2.36. The van der Waals surface area contributed by atoms with Crippen molar-refractivity contribution in [3.05, 3.63) is 39.9 Å². The van der Waals surface area contributed by atoms with Crippen molar-refractivity contribution >= 4 is 10.9 Å². The van der Waals surface area contributed by atoms with Crippen LogP contribution in [-0.4, -0.2) is 56.1 Å². The number of aromatic nitrogens is 5. The molecule has 1 saturated heterocycles. The van der Waals surface area contributed by atoms with Gasteiger partial charge in [-0.15, -0.1) is 5.10 Å². The first-order chi connectivity index (χ1) is 17.2. The lowest BCUT2D eigenvalue weighted by atomic mass is 10.1. The highest BCUT2D eigenvalue weighted by molar-refractivity contribution is 5.83. The Bertz CT molecular complexity index is 1240. The number of aromatic amines is 1. The lowest BCUT2D eigenvalue weighted by Crippen LogP contribution is -2.38. The number of rotatable bonds is 8. The maximum Gasteiger partial charge on any atom is 0.252 e. The molecular weight excluding hydrogens is 448 g/mol. The molecule has 1 saturated carbocycles. The quantitative estimate of drug-likeness (QED) is 0.522. The average molecular weight is 481 g/mol. The van der Waals surface area contributed by atoms with E-state index < -0.39 is 0 Å². The van der Waals surface area contributed by atoms with Gasteiger partial charge in [-0.1, -0.05) is 19.8 Å². The van der Waals surface area contributed by atoms with Gasteiger partial charge in [0.1, 0.15) is 0 Å². The number of H-pyrrole nitrogens is 1. The van der Waals surface area contributed by atoms with Crippen LogP contribution in [0, 0.1) is 0 Å². The number of nitrogens with one attached hydrogen (secondary N) is 1. The van der Waals surface area contributed by atoms with Gasteiger partial charge in [-0.2, -0.15) is 0 Å². The summed E-state index contributed by atoms with van der Waals surface area (Å²) in [5.41, 5.74) is 1.34. The second-order valence-corrected chi connectivity index (χ2v) is 9.82. The lowest BCUT2D eigenvalue weighted by Gasteiger charge is -2.32. The zero-order valence-corrected chi connectivity index (χ0v) is 20.1. The van der Waals surface area contributed by atoms with Crippen molar-refractivity contribution in [3.8, 4) is 11.5 Å². The van der Waals surface area contributed by atoms with E-state index in [0.29, 0.717) is 29.6 Å². The van der Waals surface area contributed by atoms with E-state index in [2.05, 4.69) is 32.3 Å². The second kappa shape index (κ2) is 9.58. The van der Waals surface area contributed by atoms with Gasteiger partial charge in [0.2, 0.25) is 6.79 Å². The van der Waals surface area contributed by atoms with Crippen molar-refractivity contribution in [3.63, 3.8) is 0 Å². The van der Waals surface area contributed by atoms with Crippen molar-refractivity contribution in [1.82, 2.24) is 30.1 Å². The number of hydrogen-bond donors (Lipinski definition) is 1. The summed E-state index contributed by atoms with van der Waals surface area (Å²) in [6, 6.07) is 6.07. The van der Waals surface area contributed by atoms with Gasteiger partial charge in [-0.3, -0.25) is 9.69 Å². The van der Waals surface area contributed by atoms with Crippen LogP contribution in [0.25, 0.3) is 10.9 Å². The van der Waals surface area contributed by atoms with Crippen molar-refractivity contribution in [2.75, 3.05) is 19.9 Å². The first kappa shape index (κ1) is 22.5. The minimum absolute atomic E-state index is 0.0124. The van der Waals surface area contributed by atoms with E-state index >= 15 is 0 Å². The molecule has 4 heterocycles. The molecule has 1 aromatic carbocycles. The van der Waals surface area contributed by atoms with Crippen LogP contribution in [0.3, 0.4) is 0 Å². The zero-order valence-electron chi connectivity index (χ0n) is 20.1. The van der Waals surface area contributed by atoms with Crippen LogP contribution < -0.4 is 15.0 Å². The molecule has 35 heavy (non-hydrogen) atoms. The Kier molecular flexibility index (Phi) is 6.15. The van der Waals surface area contributed by atoms with Gasteiger partial charge in [0.15, 0.2) is 17.3 Å². The van der Waals surface area contributed by atoms with Gasteiger partial charge in [0.05, 0.1) is 23.7 Å². The molecule has 2 atom stereocenters. The molecule has 0 bridgehead atoms. The molecule has 0 amide bonds. The lowest BCUT2D eigenvalue weighted by molar-refractivity contribution is 0.0484. The predicted molar refractivity (Wildman–Crippen MR) is 128 cm³/mol. The summed E-state index contributed by atoms with van der Waals surface area (Å²) in [5, 5.41) is 13.8. The Balaban J connectivity index is 1.34. The molecule has 1 aliphatic carbocycles. The summed E-state index contributed by atoms with van der Waals surface area (Å²) in [5.74, 6) is 2.25. The van der Waals surface area contributed by atoms with Crippen molar-refractivity contribution in [2.45, 2.75) is 76.6 Å². The predicted octanol–water partition coefficient (Wildman–Crippen LogP) is 3.49. The van der Waals surface area contributed by atoms with Crippen LogP contribution in [0.15, 0.2) is 23.0 Å². The third-order valence-electron chi connectivity index (χ3n) is 7.56. The van der Waals surface area contributed by atoms with Gasteiger partial charge >= 0.3 is 0 Å². The number of benzene rings is 1. The summed E-state index contributed by atoms with van der Waals surface area (Å²) >= 11 is 0.